The molecule has 1 aliphatic heterocycles. The van der Waals surface area contributed by atoms with Crippen molar-refractivity contribution >= 4 is 23.6 Å². The first-order valence-corrected chi connectivity index (χ1v) is 9.47. The molecule has 28 heavy (non-hydrogen) atoms. The van der Waals surface area contributed by atoms with E-state index in [9.17, 15) is 19.2 Å². The Labute approximate surface area is 163 Å². The zero-order valence-corrected chi connectivity index (χ0v) is 16.3. The minimum atomic E-state index is -0.938. The van der Waals surface area contributed by atoms with E-state index >= 15 is 0 Å². The van der Waals surface area contributed by atoms with Gasteiger partial charge in [-0.05, 0) is 69.7 Å². The Balaban J connectivity index is 1.61. The normalized spacial score (nSPS) is 25.4. The van der Waals surface area contributed by atoms with Gasteiger partial charge in [0.05, 0.1) is 0 Å². The quantitative estimate of drug-likeness (QED) is 0.595. The largest absolute Gasteiger partial charge is 0.481 e. The third kappa shape index (κ3) is 3.85. The smallest absolute Gasteiger partial charge is 0.344 e. The predicted molar refractivity (Wildman–Crippen MR) is 100 cm³/mol. The Morgan fingerprint density at radius 2 is 1.82 bits per heavy atom. The number of nitrogens with zero attached hydrogens (tertiary/aromatic N) is 1. The highest BCUT2D eigenvalue weighted by atomic mass is 16.5. The number of benzene rings is 1. The molecule has 2 aliphatic rings. The van der Waals surface area contributed by atoms with Gasteiger partial charge in [0.25, 0.3) is 11.8 Å². The molecule has 2 N–H and O–H groups in total. The van der Waals surface area contributed by atoms with Crippen LogP contribution in [-0.4, -0.2) is 40.3 Å². The van der Waals surface area contributed by atoms with Crippen LogP contribution < -0.4 is 15.5 Å². The topological polar surface area (TPSA) is 105 Å². The highest BCUT2D eigenvalue weighted by Crippen LogP contribution is 2.35. The molecule has 1 saturated carbocycles. The predicted octanol–water partition coefficient (Wildman–Crippen LogP) is 2.19. The molecule has 0 radical (unpaired) electrons. The zero-order valence-electron chi connectivity index (χ0n) is 16.3. The van der Waals surface area contributed by atoms with E-state index in [1.165, 1.54) is 13.8 Å². The maximum atomic E-state index is 12.8. The summed E-state index contributed by atoms with van der Waals surface area (Å²) in [4.78, 5) is 48.8. The second kappa shape index (κ2) is 7.61. The Morgan fingerprint density at radius 3 is 2.39 bits per heavy atom. The van der Waals surface area contributed by atoms with Crippen LogP contribution in [0, 0.1) is 5.92 Å². The lowest BCUT2D eigenvalue weighted by molar-refractivity contribution is -0.142. The second-order valence-corrected chi connectivity index (χ2v) is 7.65. The standard InChI is InChI=1S/C20H25N3O5/c1-12-8-10-20(11-9-12)18(26)23(19(27)21-20)22-17(25)14(3)28-16-6-4-15(5-7-16)13(2)24/h4-7,12,14H,8-11H2,1-3H3,(H,21,27)(H,22,25)/t12?,14-,20?/m0/s1. The van der Waals surface area contributed by atoms with Crippen LogP contribution in [0.4, 0.5) is 4.79 Å². The van der Waals surface area contributed by atoms with Gasteiger partial charge in [0.1, 0.15) is 11.3 Å². The average Bonchev–Trinajstić information content (AvgIpc) is 2.89. The van der Waals surface area contributed by atoms with E-state index in [-0.39, 0.29) is 5.78 Å². The molecule has 8 heteroatoms. The van der Waals surface area contributed by atoms with Gasteiger partial charge >= 0.3 is 6.03 Å². The fourth-order valence-corrected chi connectivity index (χ4v) is 3.54. The number of urea groups is 1. The molecule has 2 fully saturated rings. The number of Topliss-reactive ketones (excluding diaryl/α,β-unsaturated/α-hetero) is 1. The van der Waals surface area contributed by atoms with Gasteiger partial charge in [0.15, 0.2) is 11.9 Å². The number of hydrogen-bond acceptors (Lipinski definition) is 5. The molecule has 3 rings (SSSR count). The first-order chi connectivity index (χ1) is 13.2. The minimum absolute atomic E-state index is 0.0677. The Hall–Kier alpha value is -2.90. The molecule has 1 spiro atoms. The number of imide groups is 1. The van der Waals surface area contributed by atoms with Crippen molar-refractivity contribution in [1.29, 1.82) is 0 Å². The number of hydrazine groups is 1. The van der Waals surface area contributed by atoms with Gasteiger partial charge in [0, 0.05) is 5.56 Å². The van der Waals surface area contributed by atoms with Crippen molar-refractivity contribution < 1.29 is 23.9 Å². The molecular formula is C20H25N3O5. The number of amides is 4. The summed E-state index contributed by atoms with van der Waals surface area (Å²) in [6.45, 7) is 5.10. The van der Waals surface area contributed by atoms with Crippen LogP contribution in [0.25, 0.3) is 0 Å². The number of ether oxygens (including phenoxy) is 1. The molecule has 1 aromatic carbocycles. The highest BCUT2D eigenvalue weighted by Gasteiger charge is 2.53. The molecule has 0 unspecified atom stereocenters. The molecule has 8 nitrogen and oxygen atoms in total. The zero-order chi connectivity index (χ0) is 20.5. The summed E-state index contributed by atoms with van der Waals surface area (Å²) < 4.78 is 5.55. The molecule has 1 saturated heterocycles. The van der Waals surface area contributed by atoms with Crippen molar-refractivity contribution in [3.8, 4) is 5.75 Å². The fraction of sp³-hybridized carbons (Fsp3) is 0.500. The second-order valence-electron chi connectivity index (χ2n) is 7.65. The van der Waals surface area contributed by atoms with Crippen LogP contribution in [0.5, 0.6) is 5.75 Å². The monoisotopic (exact) mass is 387 g/mol. The summed E-state index contributed by atoms with van der Waals surface area (Å²) in [6.07, 6.45) is 1.90. The van der Waals surface area contributed by atoms with Gasteiger partial charge in [0.2, 0.25) is 0 Å². The van der Waals surface area contributed by atoms with Crippen molar-refractivity contribution in [1.82, 2.24) is 15.8 Å². The van der Waals surface area contributed by atoms with Crippen molar-refractivity contribution in [2.45, 2.75) is 58.1 Å². The molecule has 1 heterocycles. The lowest BCUT2D eigenvalue weighted by atomic mass is 9.77. The molecule has 150 valence electrons. The lowest BCUT2D eigenvalue weighted by Crippen LogP contribution is -2.53. The van der Waals surface area contributed by atoms with E-state index in [0.717, 1.165) is 17.9 Å². The minimum Gasteiger partial charge on any atom is -0.481 e. The first kappa shape index (κ1) is 19.9. The Morgan fingerprint density at radius 1 is 1.21 bits per heavy atom. The molecule has 1 aromatic rings. The van der Waals surface area contributed by atoms with E-state index < -0.39 is 29.5 Å². The van der Waals surface area contributed by atoms with Crippen LogP contribution in [0.1, 0.15) is 56.8 Å². The number of ketones is 1. The van der Waals surface area contributed by atoms with Gasteiger partial charge in [-0.15, -0.1) is 0 Å². The molecule has 0 aromatic heterocycles. The summed E-state index contributed by atoms with van der Waals surface area (Å²) in [5, 5.41) is 3.51. The van der Waals surface area contributed by atoms with Crippen LogP contribution in [0.15, 0.2) is 24.3 Å². The maximum Gasteiger partial charge on any atom is 0.344 e. The molecular weight excluding hydrogens is 362 g/mol. The fourth-order valence-electron chi connectivity index (χ4n) is 3.54. The van der Waals surface area contributed by atoms with Gasteiger partial charge in [-0.2, -0.15) is 5.01 Å². The SMILES string of the molecule is CC(=O)c1ccc(O[C@@H](C)C(=O)NN2C(=O)NC3(CCC(C)CC3)C2=O)cc1. The van der Waals surface area contributed by atoms with Crippen LogP contribution >= 0.6 is 0 Å². The van der Waals surface area contributed by atoms with Crippen LogP contribution in [0.2, 0.25) is 0 Å². The molecule has 4 amide bonds. The summed E-state index contributed by atoms with van der Waals surface area (Å²) >= 11 is 0. The first-order valence-electron chi connectivity index (χ1n) is 9.47. The Kier molecular flexibility index (Phi) is 5.40. The van der Waals surface area contributed by atoms with Crippen molar-refractivity contribution in [2.24, 2.45) is 5.92 Å². The number of carbonyl (C=O) groups is 4. The average molecular weight is 387 g/mol. The third-order valence-electron chi connectivity index (χ3n) is 5.45. The van der Waals surface area contributed by atoms with E-state index in [2.05, 4.69) is 17.7 Å². The van der Waals surface area contributed by atoms with Crippen molar-refractivity contribution in [2.75, 3.05) is 0 Å². The van der Waals surface area contributed by atoms with Gasteiger partial charge in [-0.25, -0.2) is 4.79 Å². The Bertz CT molecular complexity index is 797. The van der Waals surface area contributed by atoms with Gasteiger partial charge in [-0.1, -0.05) is 6.92 Å². The number of rotatable bonds is 5. The van der Waals surface area contributed by atoms with E-state index in [1.807, 2.05) is 0 Å². The van der Waals surface area contributed by atoms with E-state index in [0.29, 0.717) is 30.1 Å². The summed E-state index contributed by atoms with van der Waals surface area (Å²) in [7, 11) is 0. The van der Waals surface area contributed by atoms with Gasteiger partial charge in [-0.3, -0.25) is 19.8 Å². The molecule has 0 bridgehead atoms. The van der Waals surface area contributed by atoms with Crippen molar-refractivity contribution in [3.05, 3.63) is 29.8 Å². The number of carbonyl (C=O) groups excluding carboxylic acids is 4. The molecule has 1 atom stereocenters. The highest BCUT2D eigenvalue weighted by molar-refractivity contribution is 6.08. The van der Waals surface area contributed by atoms with E-state index in [4.69, 9.17) is 4.74 Å². The van der Waals surface area contributed by atoms with Crippen LogP contribution in [0.3, 0.4) is 0 Å². The summed E-state index contributed by atoms with van der Waals surface area (Å²) in [5.74, 6) is -0.178. The molecule has 1 aliphatic carbocycles. The summed E-state index contributed by atoms with van der Waals surface area (Å²) in [6, 6.07) is 5.77. The number of nitrogens with one attached hydrogen (secondary N) is 2. The van der Waals surface area contributed by atoms with Crippen LogP contribution in [-0.2, 0) is 9.59 Å². The van der Waals surface area contributed by atoms with Crippen molar-refractivity contribution in [3.63, 3.8) is 0 Å². The maximum absolute atomic E-state index is 12.8. The van der Waals surface area contributed by atoms with Gasteiger partial charge < -0.3 is 10.1 Å². The van der Waals surface area contributed by atoms with E-state index in [1.54, 1.807) is 24.3 Å². The third-order valence-corrected chi connectivity index (χ3v) is 5.45. The summed E-state index contributed by atoms with van der Waals surface area (Å²) in [5.41, 5.74) is 1.99. The number of hydrogen-bond donors (Lipinski definition) is 2. The lowest BCUT2D eigenvalue weighted by Gasteiger charge is -2.33.